The van der Waals surface area contributed by atoms with Crippen LogP contribution in [0.1, 0.15) is 46.7 Å². The number of carbonyl (C=O) groups is 2. The summed E-state index contributed by atoms with van der Waals surface area (Å²) in [6, 6.07) is 18.7. The second-order valence-electron chi connectivity index (χ2n) is 6.56. The minimum Gasteiger partial charge on any atom is -0.350 e. The van der Waals surface area contributed by atoms with Crippen LogP contribution in [0, 0.1) is 0 Å². The van der Waals surface area contributed by atoms with Crippen molar-refractivity contribution in [3.8, 4) is 0 Å². The molecular weight excluding hydrogens is 338 g/mol. The van der Waals surface area contributed by atoms with Gasteiger partial charge in [0.15, 0.2) is 0 Å². The zero-order chi connectivity index (χ0) is 19.2. The van der Waals surface area contributed by atoms with Crippen molar-refractivity contribution < 1.29 is 9.59 Å². The highest BCUT2D eigenvalue weighted by atomic mass is 16.2. The van der Waals surface area contributed by atoms with E-state index in [1.807, 2.05) is 56.3 Å². The highest BCUT2D eigenvalue weighted by Crippen LogP contribution is 2.12. The summed E-state index contributed by atoms with van der Waals surface area (Å²) in [5.41, 5.74) is 2.61. The van der Waals surface area contributed by atoms with E-state index in [1.54, 1.807) is 18.2 Å². The minimum atomic E-state index is -0.241. The molecule has 2 N–H and O–H groups in total. The highest BCUT2D eigenvalue weighted by Gasteiger charge is 2.11. The molecule has 2 amide bonds. The van der Waals surface area contributed by atoms with E-state index < -0.39 is 0 Å². The molecule has 27 heavy (non-hydrogen) atoms. The van der Waals surface area contributed by atoms with Crippen molar-refractivity contribution in [2.24, 2.45) is 0 Å². The van der Waals surface area contributed by atoms with Gasteiger partial charge in [-0.05, 0) is 43.2 Å². The quantitative estimate of drug-likeness (QED) is 0.703. The number of rotatable bonds is 6. The fourth-order valence-corrected chi connectivity index (χ4v) is 2.70. The molecule has 0 unspecified atom stereocenters. The standard InChI is InChI=1S/C22H23N3O2/c1-3-15(2)24-21(26)18-9-6-7-16(13-18)14-23-22(27)20-12-11-17-8-4-5-10-19(17)25-20/h4-13,15H,3,14H2,1-2H3,(H,23,27)(H,24,26)/t15-/m1/s1. The third-order valence-corrected chi connectivity index (χ3v) is 4.46. The van der Waals surface area contributed by atoms with Crippen LogP contribution in [0.5, 0.6) is 0 Å². The summed E-state index contributed by atoms with van der Waals surface area (Å²) in [4.78, 5) is 29.1. The van der Waals surface area contributed by atoms with Crippen molar-refractivity contribution in [2.75, 3.05) is 0 Å². The maximum Gasteiger partial charge on any atom is 0.270 e. The molecule has 0 saturated carbocycles. The Kier molecular flexibility index (Phi) is 5.81. The molecule has 0 saturated heterocycles. The number of carbonyl (C=O) groups excluding carboxylic acids is 2. The van der Waals surface area contributed by atoms with Gasteiger partial charge in [-0.25, -0.2) is 4.98 Å². The number of benzene rings is 2. The molecule has 0 fully saturated rings. The van der Waals surface area contributed by atoms with E-state index in [0.29, 0.717) is 17.8 Å². The van der Waals surface area contributed by atoms with Crippen LogP contribution in [-0.4, -0.2) is 22.8 Å². The van der Waals surface area contributed by atoms with Gasteiger partial charge in [-0.2, -0.15) is 0 Å². The van der Waals surface area contributed by atoms with Gasteiger partial charge in [0.1, 0.15) is 5.69 Å². The fraction of sp³-hybridized carbons (Fsp3) is 0.227. The second-order valence-corrected chi connectivity index (χ2v) is 6.56. The molecule has 5 heteroatoms. The molecule has 0 radical (unpaired) electrons. The topological polar surface area (TPSA) is 71.1 Å². The smallest absolute Gasteiger partial charge is 0.270 e. The molecule has 138 valence electrons. The molecule has 3 aromatic rings. The Morgan fingerprint density at radius 1 is 1.00 bits per heavy atom. The van der Waals surface area contributed by atoms with Gasteiger partial charge in [0.05, 0.1) is 5.52 Å². The van der Waals surface area contributed by atoms with Crippen molar-refractivity contribution in [1.29, 1.82) is 0 Å². The third-order valence-electron chi connectivity index (χ3n) is 4.46. The molecule has 0 aliphatic carbocycles. The number of aromatic nitrogens is 1. The van der Waals surface area contributed by atoms with Gasteiger partial charge in [-0.15, -0.1) is 0 Å². The number of amides is 2. The van der Waals surface area contributed by atoms with Gasteiger partial charge in [-0.3, -0.25) is 9.59 Å². The van der Waals surface area contributed by atoms with Gasteiger partial charge >= 0.3 is 0 Å². The Morgan fingerprint density at radius 2 is 1.81 bits per heavy atom. The summed E-state index contributed by atoms with van der Waals surface area (Å²) < 4.78 is 0. The molecule has 0 aliphatic rings. The number of pyridine rings is 1. The lowest BCUT2D eigenvalue weighted by Crippen LogP contribution is -2.32. The van der Waals surface area contributed by atoms with Crippen LogP contribution < -0.4 is 10.6 Å². The largest absolute Gasteiger partial charge is 0.350 e. The highest BCUT2D eigenvalue weighted by molar-refractivity contribution is 5.95. The Bertz CT molecular complexity index is 968. The number of fused-ring (bicyclic) bond motifs is 1. The Balaban J connectivity index is 1.66. The van der Waals surface area contributed by atoms with Crippen molar-refractivity contribution in [3.63, 3.8) is 0 Å². The molecule has 1 aromatic heterocycles. The number of hydrogen-bond acceptors (Lipinski definition) is 3. The lowest BCUT2D eigenvalue weighted by atomic mass is 10.1. The zero-order valence-corrected chi connectivity index (χ0v) is 15.5. The van der Waals surface area contributed by atoms with Crippen LogP contribution in [0.4, 0.5) is 0 Å². The van der Waals surface area contributed by atoms with E-state index in [4.69, 9.17) is 0 Å². The molecule has 3 rings (SSSR count). The van der Waals surface area contributed by atoms with E-state index in [0.717, 1.165) is 22.9 Å². The van der Waals surface area contributed by atoms with Gasteiger partial charge in [0, 0.05) is 23.5 Å². The Morgan fingerprint density at radius 3 is 2.63 bits per heavy atom. The van der Waals surface area contributed by atoms with Crippen molar-refractivity contribution in [2.45, 2.75) is 32.9 Å². The number of hydrogen-bond donors (Lipinski definition) is 2. The van der Waals surface area contributed by atoms with E-state index in [2.05, 4.69) is 15.6 Å². The molecule has 0 spiro atoms. The summed E-state index contributed by atoms with van der Waals surface area (Å²) in [6.45, 7) is 4.33. The Labute approximate surface area is 158 Å². The predicted octanol–water partition coefficient (Wildman–Crippen LogP) is 3.69. The first-order valence-corrected chi connectivity index (χ1v) is 9.10. The SMILES string of the molecule is CC[C@@H](C)NC(=O)c1cccc(CNC(=O)c2ccc3ccccc3n2)c1. The average Bonchev–Trinajstić information content (AvgIpc) is 2.71. The summed E-state index contributed by atoms with van der Waals surface area (Å²) >= 11 is 0. The van der Waals surface area contributed by atoms with Gasteiger partial charge < -0.3 is 10.6 Å². The molecule has 2 aromatic carbocycles. The van der Waals surface area contributed by atoms with Crippen LogP contribution in [0.25, 0.3) is 10.9 Å². The van der Waals surface area contributed by atoms with Crippen molar-refractivity contribution in [3.05, 3.63) is 77.5 Å². The first-order valence-electron chi connectivity index (χ1n) is 9.10. The summed E-state index contributed by atoms with van der Waals surface area (Å²) in [5.74, 6) is -0.344. The first kappa shape index (κ1) is 18.6. The minimum absolute atomic E-state index is 0.103. The van der Waals surface area contributed by atoms with E-state index in [1.165, 1.54) is 0 Å². The van der Waals surface area contributed by atoms with Crippen LogP contribution >= 0.6 is 0 Å². The molecular formula is C22H23N3O2. The second kappa shape index (κ2) is 8.45. The molecule has 0 bridgehead atoms. The van der Waals surface area contributed by atoms with Gasteiger partial charge in [0.25, 0.3) is 11.8 Å². The number of para-hydroxylation sites is 1. The maximum atomic E-state index is 12.4. The predicted molar refractivity (Wildman–Crippen MR) is 107 cm³/mol. The van der Waals surface area contributed by atoms with Gasteiger partial charge in [-0.1, -0.05) is 43.3 Å². The molecule has 0 aliphatic heterocycles. The van der Waals surface area contributed by atoms with Crippen molar-refractivity contribution in [1.82, 2.24) is 15.6 Å². The molecule has 1 atom stereocenters. The number of nitrogens with zero attached hydrogens (tertiary/aromatic N) is 1. The monoisotopic (exact) mass is 361 g/mol. The van der Waals surface area contributed by atoms with Crippen LogP contribution in [0.2, 0.25) is 0 Å². The Hall–Kier alpha value is -3.21. The normalized spacial score (nSPS) is 11.8. The number of nitrogens with one attached hydrogen (secondary N) is 2. The summed E-state index contributed by atoms with van der Waals surface area (Å²) in [5, 5.41) is 6.80. The summed E-state index contributed by atoms with van der Waals surface area (Å²) in [7, 11) is 0. The molecule has 5 nitrogen and oxygen atoms in total. The van der Waals surface area contributed by atoms with E-state index in [-0.39, 0.29) is 17.9 Å². The third kappa shape index (κ3) is 4.70. The fourth-order valence-electron chi connectivity index (χ4n) is 2.70. The first-order chi connectivity index (χ1) is 13.1. The van der Waals surface area contributed by atoms with E-state index >= 15 is 0 Å². The lowest BCUT2D eigenvalue weighted by Gasteiger charge is -2.12. The van der Waals surface area contributed by atoms with Crippen LogP contribution in [-0.2, 0) is 6.54 Å². The molecule has 1 heterocycles. The van der Waals surface area contributed by atoms with Crippen LogP contribution in [0.3, 0.4) is 0 Å². The summed E-state index contributed by atoms with van der Waals surface area (Å²) in [6.07, 6.45) is 0.875. The zero-order valence-electron chi connectivity index (χ0n) is 15.5. The maximum absolute atomic E-state index is 12.4. The lowest BCUT2D eigenvalue weighted by molar-refractivity contribution is 0.0936. The average molecular weight is 361 g/mol. The van der Waals surface area contributed by atoms with Gasteiger partial charge in [0.2, 0.25) is 0 Å². The van der Waals surface area contributed by atoms with E-state index in [9.17, 15) is 9.59 Å². The van der Waals surface area contributed by atoms with Crippen LogP contribution in [0.15, 0.2) is 60.7 Å². The van der Waals surface area contributed by atoms with Crippen molar-refractivity contribution >= 4 is 22.7 Å².